The molecule has 0 unspecified atom stereocenters. The first-order valence-corrected chi connectivity index (χ1v) is 9.71. The van der Waals surface area contributed by atoms with Gasteiger partial charge in [-0.15, -0.1) is 0 Å². The van der Waals surface area contributed by atoms with Crippen molar-refractivity contribution in [3.8, 4) is 11.3 Å². The van der Waals surface area contributed by atoms with Crippen LogP contribution in [0.3, 0.4) is 0 Å². The Labute approximate surface area is 164 Å². The Kier molecular flexibility index (Phi) is 5.48. The number of anilines is 1. The third-order valence-corrected chi connectivity index (χ3v) is 5.34. The van der Waals surface area contributed by atoms with Crippen LogP contribution in [0.1, 0.15) is 18.4 Å². The lowest BCUT2D eigenvalue weighted by Crippen LogP contribution is -2.41. The number of hydrogen-bond acceptors (Lipinski definition) is 5. The number of nitrogens with one attached hydrogen (secondary N) is 1. The average Bonchev–Trinajstić information content (AvgIpc) is 2.76. The zero-order valence-corrected chi connectivity index (χ0v) is 16.1. The van der Waals surface area contributed by atoms with Gasteiger partial charge in [0.05, 0.1) is 24.6 Å². The molecule has 0 saturated carbocycles. The first kappa shape index (κ1) is 18.4. The highest BCUT2D eigenvalue weighted by Gasteiger charge is 2.19. The number of rotatable bonds is 5. The van der Waals surface area contributed by atoms with Gasteiger partial charge >= 0.3 is 0 Å². The topological polar surface area (TPSA) is 63.1 Å². The minimum Gasteiger partial charge on any atom is -0.355 e. The number of pyridine rings is 1. The van der Waals surface area contributed by atoms with E-state index in [2.05, 4.69) is 22.2 Å². The zero-order chi connectivity index (χ0) is 19.3. The monoisotopic (exact) mass is 375 g/mol. The third-order valence-electron chi connectivity index (χ3n) is 5.34. The Balaban J connectivity index is 1.51. The molecule has 1 aromatic carbocycles. The molecule has 6 nitrogen and oxygen atoms in total. The maximum absolute atomic E-state index is 11.9. The highest BCUT2D eigenvalue weighted by atomic mass is 16.1. The van der Waals surface area contributed by atoms with Crippen molar-refractivity contribution < 1.29 is 0 Å². The first-order valence-electron chi connectivity index (χ1n) is 9.71. The van der Waals surface area contributed by atoms with Crippen LogP contribution >= 0.6 is 0 Å². The smallest absolute Gasteiger partial charge is 0.250 e. The van der Waals surface area contributed by atoms with E-state index in [-0.39, 0.29) is 5.56 Å². The van der Waals surface area contributed by atoms with Gasteiger partial charge in [0, 0.05) is 30.9 Å². The van der Waals surface area contributed by atoms with Gasteiger partial charge in [-0.1, -0.05) is 30.3 Å². The average molecular weight is 375 g/mol. The van der Waals surface area contributed by atoms with Crippen molar-refractivity contribution in [3.63, 3.8) is 0 Å². The molecule has 6 heteroatoms. The molecule has 2 aromatic heterocycles. The lowest BCUT2D eigenvalue weighted by Gasteiger charge is -2.32. The Morgan fingerprint density at radius 1 is 1.11 bits per heavy atom. The van der Waals surface area contributed by atoms with Gasteiger partial charge in [0.2, 0.25) is 0 Å². The van der Waals surface area contributed by atoms with Crippen molar-refractivity contribution in [3.05, 3.63) is 77.0 Å². The normalized spacial score (nSPS) is 14.8. The molecule has 3 heterocycles. The van der Waals surface area contributed by atoms with E-state index in [0.717, 1.165) is 48.6 Å². The van der Waals surface area contributed by atoms with E-state index in [4.69, 9.17) is 4.98 Å². The largest absolute Gasteiger partial charge is 0.355 e. The maximum Gasteiger partial charge on any atom is 0.250 e. The van der Waals surface area contributed by atoms with Crippen LogP contribution in [0.15, 0.2) is 65.8 Å². The summed E-state index contributed by atoms with van der Waals surface area (Å²) >= 11 is 0. The predicted octanol–water partition coefficient (Wildman–Crippen LogP) is 2.54. The minimum atomic E-state index is 0.00564. The second kappa shape index (κ2) is 8.35. The molecule has 1 N–H and O–H groups in total. The number of nitrogens with zero attached hydrogens (tertiary/aromatic N) is 4. The Bertz CT molecular complexity index is 976. The minimum absolute atomic E-state index is 0.00564. The van der Waals surface area contributed by atoms with Crippen molar-refractivity contribution in [2.75, 3.05) is 25.0 Å². The zero-order valence-electron chi connectivity index (χ0n) is 16.1. The summed E-state index contributed by atoms with van der Waals surface area (Å²) < 4.78 is 1.70. The van der Waals surface area contributed by atoms with Gasteiger partial charge in [-0.05, 0) is 37.6 Å². The van der Waals surface area contributed by atoms with Gasteiger partial charge < -0.3 is 14.8 Å². The third kappa shape index (κ3) is 4.12. The fourth-order valence-electron chi connectivity index (χ4n) is 3.61. The van der Waals surface area contributed by atoms with Gasteiger partial charge in [-0.2, -0.15) is 0 Å². The van der Waals surface area contributed by atoms with Crippen molar-refractivity contribution in [1.29, 1.82) is 0 Å². The highest BCUT2D eigenvalue weighted by Crippen LogP contribution is 2.22. The molecule has 144 valence electrons. The Hall–Kier alpha value is -2.99. The van der Waals surface area contributed by atoms with E-state index in [1.165, 1.54) is 0 Å². The number of piperidine rings is 1. The molecule has 0 aliphatic carbocycles. The quantitative estimate of drug-likeness (QED) is 0.743. The van der Waals surface area contributed by atoms with Gasteiger partial charge in [-0.3, -0.25) is 9.78 Å². The molecule has 1 aliphatic heterocycles. The van der Waals surface area contributed by atoms with Crippen LogP contribution in [0.4, 0.5) is 5.82 Å². The highest BCUT2D eigenvalue weighted by molar-refractivity contribution is 5.60. The summed E-state index contributed by atoms with van der Waals surface area (Å²) in [5, 5.41) is 3.40. The molecule has 1 fully saturated rings. The summed E-state index contributed by atoms with van der Waals surface area (Å²) in [5.74, 6) is 0.907. The van der Waals surface area contributed by atoms with Crippen molar-refractivity contribution in [2.24, 2.45) is 0 Å². The Morgan fingerprint density at radius 2 is 1.89 bits per heavy atom. The molecule has 1 saturated heterocycles. The van der Waals surface area contributed by atoms with Gasteiger partial charge in [-0.25, -0.2) is 4.98 Å². The fraction of sp³-hybridized carbons (Fsp3) is 0.318. The molecule has 0 atom stereocenters. The fourth-order valence-corrected chi connectivity index (χ4v) is 3.61. The van der Waals surface area contributed by atoms with E-state index >= 15 is 0 Å². The lowest BCUT2D eigenvalue weighted by molar-refractivity contribution is 0.441. The SMILES string of the molecule is CN(c1cncc(-c2ccc(Cn3ccccc3=O)cc2)n1)C1CCNCC1. The molecule has 0 amide bonds. The van der Waals surface area contributed by atoms with Crippen LogP contribution in [0.2, 0.25) is 0 Å². The van der Waals surface area contributed by atoms with Crippen LogP contribution in [0, 0.1) is 0 Å². The summed E-state index contributed by atoms with van der Waals surface area (Å²) in [7, 11) is 2.10. The number of aromatic nitrogens is 3. The molecule has 0 bridgehead atoms. The summed E-state index contributed by atoms with van der Waals surface area (Å²) in [6.07, 6.45) is 7.69. The van der Waals surface area contributed by atoms with E-state index < -0.39 is 0 Å². The molecular formula is C22H25N5O. The molecule has 3 aromatic rings. The van der Waals surface area contributed by atoms with E-state index in [1.54, 1.807) is 22.9 Å². The van der Waals surface area contributed by atoms with Crippen molar-refractivity contribution >= 4 is 5.82 Å². The summed E-state index contributed by atoms with van der Waals surface area (Å²) in [4.78, 5) is 23.4. The molecule has 4 rings (SSSR count). The van der Waals surface area contributed by atoms with Gasteiger partial charge in [0.25, 0.3) is 5.56 Å². The van der Waals surface area contributed by atoms with Crippen molar-refractivity contribution in [1.82, 2.24) is 19.9 Å². The second-order valence-electron chi connectivity index (χ2n) is 7.22. The summed E-state index contributed by atoms with van der Waals surface area (Å²) in [5.41, 5.74) is 2.97. The molecule has 1 aliphatic rings. The Morgan fingerprint density at radius 3 is 2.64 bits per heavy atom. The predicted molar refractivity (Wildman–Crippen MR) is 112 cm³/mol. The molecular weight excluding hydrogens is 350 g/mol. The van der Waals surface area contributed by atoms with Crippen molar-refractivity contribution in [2.45, 2.75) is 25.4 Å². The van der Waals surface area contributed by atoms with E-state index in [9.17, 15) is 4.79 Å². The van der Waals surface area contributed by atoms with Crippen LogP contribution in [-0.4, -0.2) is 40.7 Å². The van der Waals surface area contributed by atoms with Crippen LogP contribution in [-0.2, 0) is 6.54 Å². The maximum atomic E-state index is 11.9. The lowest BCUT2D eigenvalue weighted by atomic mass is 10.1. The first-order chi connectivity index (χ1) is 13.7. The summed E-state index contributed by atoms with van der Waals surface area (Å²) in [6, 6.07) is 13.9. The van der Waals surface area contributed by atoms with E-state index in [1.807, 2.05) is 42.7 Å². The van der Waals surface area contributed by atoms with Gasteiger partial charge in [0.1, 0.15) is 5.82 Å². The van der Waals surface area contributed by atoms with Crippen LogP contribution < -0.4 is 15.8 Å². The van der Waals surface area contributed by atoms with Crippen LogP contribution in [0.25, 0.3) is 11.3 Å². The molecule has 0 spiro atoms. The molecule has 28 heavy (non-hydrogen) atoms. The molecule has 0 radical (unpaired) electrons. The van der Waals surface area contributed by atoms with Crippen LogP contribution in [0.5, 0.6) is 0 Å². The number of hydrogen-bond donors (Lipinski definition) is 1. The second-order valence-corrected chi connectivity index (χ2v) is 7.22. The number of benzene rings is 1. The summed E-state index contributed by atoms with van der Waals surface area (Å²) in [6.45, 7) is 2.66. The van der Waals surface area contributed by atoms with E-state index in [0.29, 0.717) is 12.6 Å². The van der Waals surface area contributed by atoms with Gasteiger partial charge in [0.15, 0.2) is 0 Å². The standard InChI is InChI=1S/C22H25N5O/c1-26(19-9-11-23-12-10-19)21-15-24-14-20(25-21)18-7-5-17(6-8-18)16-27-13-3-2-4-22(27)28/h2-8,13-15,19,23H,9-12,16H2,1H3.